The van der Waals surface area contributed by atoms with Crippen molar-refractivity contribution in [2.24, 2.45) is 18.9 Å². The minimum atomic E-state index is -0.531. The van der Waals surface area contributed by atoms with Crippen LogP contribution in [0.5, 0.6) is 0 Å². The molecule has 0 aromatic carbocycles. The first kappa shape index (κ1) is 23.9. The van der Waals surface area contributed by atoms with E-state index in [4.69, 9.17) is 0 Å². The Morgan fingerprint density at radius 3 is 2.42 bits per heavy atom. The summed E-state index contributed by atoms with van der Waals surface area (Å²) >= 11 is 0. The van der Waals surface area contributed by atoms with Gasteiger partial charge in [0.2, 0.25) is 12.3 Å². The molecule has 0 aliphatic heterocycles. The van der Waals surface area contributed by atoms with Crippen molar-refractivity contribution in [2.45, 2.75) is 47.0 Å². The molecule has 1 heterocycles. The highest BCUT2D eigenvalue weighted by molar-refractivity contribution is 5.98. The van der Waals surface area contributed by atoms with Crippen LogP contribution in [0.4, 0.5) is 0 Å². The SMILES string of the molecule is CC(C)C.CCCCC(CN(O)C=O)C(=O)NCC(=O)c1cccn1C. The van der Waals surface area contributed by atoms with Crippen molar-refractivity contribution < 1.29 is 19.6 Å². The van der Waals surface area contributed by atoms with E-state index in [1.807, 2.05) is 6.92 Å². The normalized spacial score (nSPS) is 11.3. The molecule has 7 nitrogen and oxygen atoms in total. The van der Waals surface area contributed by atoms with Crippen LogP contribution in [0.3, 0.4) is 0 Å². The van der Waals surface area contributed by atoms with Gasteiger partial charge in [0.25, 0.3) is 0 Å². The number of ketones is 1. The van der Waals surface area contributed by atoms with Gasteiger partial charge in [-0.15, -0.1) is 0 Å². The van der Waals surface area contributed by atoms with Gasteiger partial charge in [-0.3, -0.25) is 19.6 Å². The molecule has 1 aromatic rings. The average Bonchev–Trinajstić information content (AvgIpc) is 3.01. The van der Waals surface area contributed by atoms with Crippen molar-refractivity contribution in [3.8, 4) is 0 Å². The van der Waals surface area contributed by atoms with E-state index < -0.39 is 5.92 Å². The first-order valence-corrected chi connectivity index (χ1v) is 9.05. The average molecular weight is 367 g/mol. The number of amides is 2. The molecule has 2 N–H and O–H groups in total. The molecule has 0 bridgehead atoms. The first-order chi connectivity index (χ1) is 12.2. The lowest BCUT2D eigenvalue weighted by Crippen LogP contribution is -2.39. The van der Waals surface area contributed by atoms with Crippen LogP contribution in [0.2, 0.25) is 0 Å². The number of rotatable bonds is 10. The third kappa shape index (κ3) is 9.98. The quantitative estimate of drug-likeness (QED) is 0.288. The van der Waals surface area contributed by atoms with Crippen LogP contribution in [0, 0.1) is 11.8 Å². The summed E-state index contributed by atoms with van der Waals surface area (Å²) in [6, 6.07) is 3.44. The Labute approximate surface area is 156 Å². The number of aromatic nitrogens is 1. The fourth-order valence-corrected chi connectivity index (χ4v) is 2.18. The molecule has 0 radical (unpaired) electrons. The van der Waals surface area contributed by atoms with Crippen LogP contribution in [0.1, 0.15) is 57.4 Å². The van der Waals surface area contributed by atoms with Crippen LogP contribution in [-0.2, 0) is 16.6 Å². The number of hydroxylamine groups is 2. The van der Waals surface area contributed by atoms with Crippen LogP contribution < -0.4 is 5.32 Å². The van der Waals surface area contributed by atoms with Crippen molar-refractivity contribution in [1.82, 2.24) is 14.9 Å². The molecule has 1 rings (SSSR count). The van der Waals surface area contributed by atoms with E-state index >= 15 is 0 Å². The molecule has 7 heteroatoms. The van der Waals surface area contributed by atoms with Crippen LogP contribution in [0.15, 0.2) is 18.3 Å². The number of unbranched alkanes of at least 4 members (excludes halogenated alkanes) is 1. The standard InChI is InChI=1S/C15H23N3O4.C4H10/c1-3-4-6-12(10-18(22)11-19)15(21)16-9-14(20)13-7-5-8-17(13)2;1-4(2)3/h5,7-8,11-12,22H,3-4,6,9-10H2,1-2H3,(H,16,21);4H,1-3H3. The summed E-state index contributed by atoms with van der Waals surface area (Å²) in [5, 5.41) is 12.3. The van der Waals surface area contributed by atoms with Crippen molar-refractivity contribution in [3.63, 3.8) is 0 Å². The lowest BCUT2D eigenvalue weighted by Gasteiger charge is -2.19. The third-order valence-electron chi connectivity index (χ3n) is 3.46. The summed E-state index contributed by atoms with van der Waals surface area (Å²) in [6.07, 6.45) is 4.27. The third-order valence-corrected chi connectivity index (χ3v) is 3.46. The topological polar surface area (TPSA) is 91.6 Å². The zero-order valence-corrected chi connectivity index (χ0v) is 16.6. The van der Waals surface area contributed by atoms with Crippen molar-refractivity contribution >= 4 is 18.1 Å². The molecule has 1 unspecified atom stereocenters. The zero-order chi connectivity index (χ0) is 20.1. The van der Waals surface area contributed by atoms with Gasteiger partial charge < -0.3 is 9.88 Å². The van der Waals surface area contributed by atoms with Crippen LogP contribution >= 0.6 is 0 Å². The van der Waals surface area contributed by atoms with Gasteiger partial charge in [0.15, 0.2) is 5.78 Å². The maximum Gasteiger partial charge on any atom is 0.233 e. The van der Waals surface area contributed by atoms with Crippen LogP contribution in [-0.4, -0.2) is 46.0 Å². The minimum Gasteiger partial charge on any atom is -0.348 e. The lowest BCUT2D eigenvalue weighted by atomic mass is 10.0. The molecule has 1 atom stereocenters. The summed E-state index contributed by atoms with van der Waals surface area (Å²) in [6.45, 7) is 8.31. The van der Waals surface area contributed by atoms with E-state index in [1.165, 1.54) is 0 Å². The maximum atomic E-state index is 12.1. The number of aryl methyl sites for hydroxylation is 1. The Bertz CT molecular complexity index is 552. The van der Waals surface area contributed by atoms with Gasteiger partial charge in [0.05, 0.1) is 24.7 Å². The second-order valence-corrected chi connectivity index (χ2v) is 6.94. The summed E-state index contributed by atoms with van der Waals surface area (Å²) in [7, 11) is 1.76. The minimum absolute atomic E-state index is 0.0757. The van der Waals surface area contributed by atoms with Gasteiger partial charge in [-0.1, -0.05) is 40.5 Å². The molecule has 26 heavy (non-hydrogen) atoms. The molecule has 0 saturated carbocycles. The number of Topliss-reactive ketones (excluding diaryl/α,β-unsaturated/α-hetero) is 1. The summed E-state index contributed by atoms with van der Waals surface area (Å²) in [5.74, 6) is -0.223. The van der Waals surface area contributed by atoms with Crippen molar-refractivity contribution in [2.75, 3.05) is 13.1 Å². The molecular weight excluding hydrogens is 334 g/mol. The fourth-order valence-electron chi connectivity index (χ4n) is 2.18. The van der Waals surface area contributed by atoms with Gasteiger partial charge >= 0.3 is 0 Å². The Kier molecular flexibility index (Phi) is 12.0. The van der Waals surface area contributed by atoms with E-state index in [2.05, 4.69) is 26.1 Å². The molecule has 0 aliphatic carbocycles. The van der Waals surface area contributed by atoms with Gasteiger partial charge in [-0.05, 0) is 24.5 Å². The van der Waals surface area contributed by atoms with E-state index in [0.29, 0.717) is 17.2 Å². The lowest BCUT2D eigenvalue weighted by molar-refractivity contribution is -0.154. The summed E-state index contributed by atoms with van der Waals surface area (Å²) in [5.41, 5.74) is 0.516. The van der Waals surface area contributed by atoms with Crippen LogP contribution in [0.25, 0.3) is 0 Å². The predicted octanol–water partition coefficient (Wildman–Crippen LogP) is 2.64. The van der Waals surface area contributed by atoms with Gasteiger partial charge in [-0.2, -0.15) is 0 Å². The Morgan fingerprint density at radius 2 is 1.96 bits per heavy atom. The van der Waals surface area contributed by atoms with Crippen molar-refractivity contribution in [3.05, 3.63) is 24.0 Å². The first-order valence-electron chi connectivity index (χ1n) is 9.05. The van der Waals surface area contributed by atoms with Gasteiger partial charge in [-0.25, -0.2) is 5.06 Å². The van der Waals surface area contributed by atoms with Gasteiger partial charge in [0, 0.05) is 13.2 Å². The van der Waals surface area contributed by atoms with Crippen molar-refractivity contribution in [1.29, 1.82) is 0 Å². The Hall–Kier alpha value is -2.15. The number of nitrogens with zero attached hydrogens (tertiary/aromatic N) is 2. The predicted molar refractivity (Wildman–Crippen MR) is 101 cm³/mol. The number of carbonyl (C=O) groups is 3. The van der Waals surface area contributed by atoms with E-state index in [0.717, 1.165) is 18.8 Å². The molecule has 0 aliphatic rings. The summed E-state index contributed by atoms with van der Waals surface area (Å²) < 4.78 is 1.69. The van der Waals surface area contributed by atoms with E-state index in [-0.39, 0.29) is 31.2 Å². The number of carbonyl (C=O) groups excluding carboxylic acids is 3. The Morgan fingerprint density at radius 1 is 1.35 bits per heavy atom. The smallest absolute Gasteiger partial charge is 0.233 e. The molecular formula is C19H33N3O4. The number of hydrogen-bond acceptors (Lipinski definition) is 4. The molecule has 0 saturated heterocycles. The van der Waals surface area contributed by atoms with Gasteiger partial charge in [0.1, 0.15) is 0 Å². The van der Waals surface area contributed by atoms with E-state index in [9.17, 15) is 19.6 Å². The summed E-state index contributed by atoms with van der Waals surface area (Å²) in [4.78, 5) is 34.6. The monoisotopic (exact) mass is 367 g/mol. The highest BCUT2D eigenvalue weighted by atomic mass is 16.5. The molecule has 1 aromatic heterocycles. The highest BCUT2D eigenvalue weighted by Crippen LogP contribution is 2.10. The molecule has 148 valence electrons. The molecule has 0 spiro atoms. The largest absolute Gasteiger partial charge is 0.348 e. The maximum absolute atomic E-state index is 12.1. The zero-order valence-electron chi connectivity index (χ0n) is 16.6. The fraction of sp³-hybridized carbons (Fsp3) is 0.632. The molecule has 2 amide bonds. The second-order valence-electron chi connectivity index (χ2n) is 6.94. The Balaban J connectivity index is 0.00000141. The second kappa shape index (κ2) is 13.1. The molecule has 0 fully saturated rings. The number of hydrogen-bond donors (Lipinski definition) is 2. The van der Waals surface area contributed by atoms with E-state index in [1.54, 1.807) is 29.9 Å². The number of nitrogens with one attached hydrogen (secondary N) is 1. The highest BCUT2D eigenvalue weighted by Gasteiger charge is 2.21.